The van der Waals surface area contributed by atoms with Crippen LogP contribution in [0, 0.1) is 12.8 Å². The molecule has 0 N–H and O–H groups in total. The van der Waals surface area contributed by atoms with Crippen LogP contribution in [0.25, 0.3) is 0 Å². The van der Waals surface area contributed by atoms with Gasteiger partial charge in [-0.05, 0) is 25.8 Å². The zero-order valence-electron chi connectivity index (χ0n) is 12.2. The van der Waals surface area contributed by atoms with Crippen molar-refractivity contribution in [3.63, 3.8) is 0 Å². The maximum absolute atomic E-state index is 12.5. The molecule has 0 saturated carbocycles. The number of aromatic nitrogens is 2. The molecule has 1 aromatic carbocycles. The Kier molecular flexibility index (Phi) is 3.95. The molecule has 1 saturated heterocycles. The van der Waals surface area contributed by atoms with Crippen molar-refractivity contribution in [3.05, 3.63) is 53.9 Å². The number of nitrogens with zero attached hydrogens (tertiary/aromatic N) is 3. The number of benzene rings is 1. The topological polar surface area (TPSA) is 46.1 Å². The molecule has 4 nitrogen and oxygen atoms in total. The van der Waals surface area contributed by atoms with Gasteiger partial charge in [0.15, 0.2) is 5.78 Å². The van der Waals surface area contributed by atoms with Crippen LogP contribution in [0.2, 0.25) is 0 Å². The van der Waals surface area contributed by atoms with Crippen LogP contribution in [0.4, 0.5) is 5.95 Å². The van der Waals surface area contributed by atoms with Gasteiger partial charge in [0.2, 0.25) is 5.95 Å². The van der Waals surface area contributed by atoms with Gasteiger partial charge >= 0.3 is 0 Å². The lowest BCUT2D eigenvalue weighted by atomic mass is 9.89. The van der Waals surface area contributed by atoms with Crippen molar-refractivity contribution in [2.45, 2.75) is 19.8 Å². The van der Waals surface area contributed by atoms with Crippen molar-refractivity contribution in [1.29, 1.82) is 0 Å². The first kappa shape index (κ1) is 13.7. The Bertz CT molecular complexity index is 602. The van der Waals surface area contributed by atoms with Crippen LogP contribution >= 0.6 is 0 Å². The molecule has 0 aliphatic carbocycles. The summed E-state index contributed by atoms with van der Waals surface area (Å²) in [4.78, 5) is 23.2. The minimum Gasteiger partial charge on any atom is -0.341 e. The minimum atomic E-state index is 0.118. The fourth-order valence-corrected chi connectivity index (χ4v) is 2.75. The van der Waals surface area contributed by atoms with Gasteiger partial charge in [0.1, 0.15) is 0 Å². The van der Waals surface area contributed by atoms with Crippen molar-refractivity contribution in [3.8, 4) is 0 Å². The molecule has 1 fully saturated rings. The molecular weight excluding hydrogens is 262 g/mol. The zero-order valence-corrected chi connectivity index (χ0v) is 12.2. The summed E-state index contributed by atoms with van der Waals surface area (Å²) in [5.41, 5.74) is 2.01. The summed E-state index contributed by atoms with van der Waals surface area (Å²) < 4.78 is 0. The number of rotatable bonds is 3. The minimum absolute atomic E-state index is 0.118. The van der Waals surface area contributed by atoms with E-state index < -0.39 is 0 Å². The average molecular weight is 281 g/mol. The van der Waals surface area contributed by atoms with Gasteiger partial charge in [0.05, 0.1) is 0 Å². The highest BCUT2D eigenvalue weighted by Gasteiger charge is 2.26. The lowest BCUT2D eigenvalue weighted by molar-refractivity contribution is 0.0900. The Hall–Kier alpha value is -2.23. The highest BCUT2D eigenvalue weighted by atomic mass is 16.1. The van der Waals surface area contributed by atoms with Gasteiger partial charge < -0.3 is 4.90 Å². The fraction of sp³-hybridized carbons (Fsp3) is 0.353. The van der Waals surface area contributed by atoms with E-state index in [4.69, 9.17) is 0 Å². The van der Waals surface area contributed by atoms with Gasteiger partial charge in [-0.2, -0.15) is 0 Å². The second-order valence-electron chi connectivity index (χ2n) is 5.54. The maximum atomic E-state index is 12.5. The molecule has 1 aromatic heterocycles. The van der Waals surface area contributed by atoms with Crippen LogP contribution in [0.3, 0.4) is 0 Å². The number of hydrogen-bond acceptors (Lipinski definition) is 4. The van der Waals surface area contributed by atoms with E-state index in [0.717, 1.165) is 37.4 Å². The molecule has 0 unspecified atom stereocenters. The van der Waals surface area contributed by atoms with Crippen LogP contribution in [-0.4, -0.2) is 28.8 Å². The third-order valence-corrected chi connectivity index (χ3v) is 4.04. The summed E-state index contributed by atoms with van der Waals surface area (Å²) in [5.74, 6) is 1.15. The largest absolute Gasteiger partial charge is 0.341 e. The number of carbonyl (C=O) groups excluding carboxylic acids is 1. The molecule has 21 heavy (non-hydrogen) atoms. The number of anilines is 1. The summed E-state index contributed by atoms with van der Waals surface area (Å²) in [6.45, 7) is 3.71. The SMILES string of the molecule is Cc1ccc(C(=O)C2CCN(c3ncccn3)CC2)cc1. The second kappa shape index (κ2) is 6.04. The monoisotopic (exact) mass is 281 g/mol. The number of Topliss-reactive ketones (excluding diaryl/α,β-unsaturated/α-hetero) is 1. The summed E-state index contributed by atoms with van der Waals surface area (Å²) >= 11 is 0. The zero-order chi connectivity index (χ0) is 14.7. The first-order valence-corrected chi connectivity index (χ1v) is 7.37. The Balaban J connectivity index is 1.63. The average Bonchev–Trinajstić information content (AvgIpc) is 2.56. The number of aryl methyl sites for hydroxylation is 1. The molecule has 0 atom stereocenters. The van der Waals surface area contributed by atoms with E-state index >= 15 is 0 Å². The van der Waals surface area contributed by atoms with Gasteiger partial charge in [-0.1, -0.05) is 29.8 Å². The van der Waals surface area contributed by atoms with Crippen LogP contribution in [0.1, 0.15) is 28.8 Å². The Labute approximate surface area is 124 Å². The predicted molar refractivity (Wildman–Crippen MR) is 82.5 cm³/mol. The van der Waals surface area contributed by atoms with Crippen LogP contribution < -0.4 is 4.90 Å². The van der Waals surface area contributed by atoms with Crippen molar-refractivity contribution in [1.82, 2.24) is 9.97 Å². The molecule has 1 aliphatic rings. The Morgan fingerprint density at radius 1 is 1.10 bits per heavy atom. The summed E-state index contributed by atoms with van der Waals surface area (Å²) in [6.07, 6.45) is 5.24. The predicted octanol–water partition coefficient (Wildman–Crippen LogP) is 2.88. The molecule has 0 bridgehead atoms. The second-order valence-corrected chi connectivity index (χ2v) is 5.54. The first-order valence-electron chi connectivity index (χ1n) is 7.37. The van der Waals surface area contributed by atoms with Crippen LogP contribution in [0.5, 0.6) is 0 Å². The van der Waals surface area contributed by atoms with E-state index in [2.05, 4.69) is 14.9 Å². The summed E-state index contributed by atoms with van der Waals surface area (Å²) in [6, 6.07) is 9.69. The van der Waals surface area contributed by atoms with Crippen molar-refractivity contribution in [2.24, 2.45) is 5.92 Å². The fourth-order valence-electron chi connectivity index (χ4n) is 2.75. The summed E-state index contributed by atoms with van der Waals surface area (Å²) in [5, 5.41) is 0. The normalized spacial score (nSPS) is 16.0. The molecule has 0 amide bonds. The van der Waals surface area contributed by atoms with Crippen LogP contribution in [-0.2, 0) is 0 Å². The molecule has 2 aromatic rings. The Morgan fingerprint density at radius 3 is 2.33 bits per heavy atom. The Morgan fingerprint density at radius 2 is 1.71 bits per heavy atom. The number of hydrogen-bond donors (Lipinski definition) is 0. The maximum Gasteiger partial charge on any atom is 0.225 e. The highest BCUT2D eigenvalue weighted by molar-refractivity contribution is 5.98. The standard InChI is InChI=1S/C17H19N3O/c1-13-3-5-14(6-4-13)16(21)15-7-11-20(12-8-15)17-18-9-2-10-19-17/h2-6,9-10,15H,7-8,11-12H2,1H3. The van der Waals surface area contributed by atoms with E-state index in [1.54, 1.807) is 12.4 Å². The van der Waals surface area contributed by atoms with Crippen molar-refractivity contribution in [2.75, 3.05) is 18.0 Å². The van der Waals surface area contributed by atoms with E-state index in [1.165, 1.54) is 5.56 Å². The first-order chi connectivity index (χ1) is 10.2. The van der Waals surface area contributed by atoms with Gasteiger partial charge in [-0.15, -0.1) is 0 Å². The van der Waals surface area contributed by atoms with Gasteiger partial charge in [-0.3, -0.25) is 4.79 Å². The molecule has 0 radical (unpaired) electrons. The number of ketones is 1. The molecule has 0 spiro atoms. The van der Waals surface area contributed by atoms with E-state index in [1.807, 2.05) is 37.3 Å². The quantitative estimate of drug-likeness (QED) is 0.812. The van der Waals surface area contributed by atoms with E-state index in [0.29, 0.717) is 0 Å². The van der Waals surface area contributed by atoms with Gasteiger partial charge in [0, 0.05) is 37.0 Å². The van der Waals surface area contributed by atoms with Gasteiger partial charge in [0.25, 0.3) is 0 Å². The van der Waals surface area contributed by atoms with E-state index in [9.17, 15) is 4.79 Å². The number of piperidine rings is 1. The molecule has 108 valence electrons. The molecule has 3 rings (SSSR count). The smallest absolute Gasteiger partial charge is 0.225 e. The number of carbonyl (C=O) groups is 1. The van der Waals surface area contributed by atoms with Crippen molar-refractivity contribution >= 4 is 11.7 Å². The van der Waals surface area contributed by atoms with Crippen molar-refractivity contribution < 1.29 is 4.79 Å². The molecule has 2 heterocycles. The lowest BCUT2D eigenvalue weighted by Crippen LogP contribution is -2.37. The summed E-state index contributed by atoms with van der Waals surface area (Å²) in [7, 11) is 0. The molecular formula is C17H19N3O. The molecule has 4 heteroatoms. The van der Waals surface area contributed by atoms with E-state index in [-0.39, 0.29) is 11.7 Å². The molecule has 1 aliphatic heterocycles. The third-order valence-electron chi connectivity index (χ3n) is 4.04. The van der Waals surface area contributed by atoms with Gasteiger partial charge in [-0.25, -0.2) is 9.97 Å². The van der Waals surface area contributed by atoms with Crippen LogP contribution in [0.15, 0.2) is 42.7 Å². The highest BCUT2D eigenvalue weighted by Crippen LogP contribution is 2.23. The third kappa shape index (κ3) is 3.10. The lowest BCUT2D eigenvalue weighted by Gasteiger charge is -2.31.